The van der Waals surface area contributed by atoms with Crippen LogP contribution >= 0.6 is 15.9 Å². The fraction of sp³-hybridized carbons (Fsp3) is 0.0667. The van der Waals surface area contributed by atoms with Gasteiger partial charge in [0.15, 0.2) is 6.61 Å². The molecule has 0 aromatic heterocycles. The molecule has 0 aliphatic rings. The number of hydrogen-bond acceptors (Lipinski definition) is 4. The summed E-state index contributed by atoms with van der Waals surface area (Å²) in [6.07, 6.45) is 1.37. The molecular weight excluding hydrogens is 336 g/mol. The third-order valence-electron chi connectivity index (χ3n) is 2.51. The number of phenols is 1. The summed E-state index contributed by atoms with van der Waals surface area (Å²) in [5.74, 6) is 0.309. The number of benzene rings is 2. The molecule has 0 aliphatic carbocycles. The standard InChI is InChI=1S/C15H13BrN2O3/c16-12-5-7-13(8-6-12)21-10-15(20)18-17-9-11-3-1-2-4-14(11)19/h1-9,19H,10H2,(H,18,20)/b17-9+. The molecule has 21 heavy (non-hydrogen) atoms. The summed E-state index contributed by atoms with van der Waals surface area (Å²) in [5.41, 5.74) is 2.85. The first kappa shape index (κ1) is 15.1. The van der Waals surface area contributed by atoms with E-state index in [9.17, 15) is 9.90 Å². The normalized spacial score (nSPS) is 10.5. The number of phenolic OH excluding ortho intramolecular Hbond substituents is 1. The molecule has 0 heterocycles. The summed E-state index contributed by atoms with van der Waals surface area (Å²) >= 11 is 3.31. The molecule has 0 atom stereocenters. The Kier molecular flexibility index (Phi) is 5.34. The van der Waals surface area contributed by atoms with E-state index in [-0.39, 0.29) is 18.3 Å². The third kappa shape index (κ3) is 4.92. The van der Waals surface area contributed by atoms with E-state index >= 15 is 0 Å². The smallest absolute Gasteiger partial charge is 0.277 e. The highest BCUT2D eigenvalue weighted by atomic mass is 79.9. The first-order valence-electron chi connectivity index (χ1n) is 6.13. The summed E-state index contributed by atoms with van der Waals surface area (Å²) in [6, 6.07) is 13.8. The second kappa shape index (κ2) is 7.44. The van der Waals surface area contributed by atoms with Crippen molar-refractivity contribution >= 4 is 28.1 Å². The molecule has 0 aliphatic heterocycles. The lowest BCUT2D eigenvalue weighted by Crippen LogP contribution is -2.24. The number of aromatic hydroxyl groups is 1. The van der Waals surface area contributed by atoms with Crippen molar-refractivity contribution in [2.24, 2.45) is 5.10 Å². The molecule has 2 aromatic rings. The zero-order valence-electron chi connectivity index (χ0n) is 11.0. The maximum atomic E-state index is 11.5. The maximum absolute atomic E-state index is 11.5. The Bertz CT molecular complexity index is 642. The van der Waals surface area contributed by atoms with Crippen molar-refractivity contribution in [3.63, 3.8) is 0 Å². The van der Waals surface area contributed by atoms with Crippen molar-refractivity contribution < 1.29 is 14.6 Å². The summed E-state index contributed by atoms with van der Waals surface area (Å²) < 4.78 is 6.23. The van der Waals surface area contributed by atoms with E-state index in [4.69, 9.17) is 4.74 Å². The minimum atomic E-state index is -0.385. The van der Waals surface area contributed by atoms with Crippen molar-refractivity contribution in [2.75, 3.05) is 6.61 Å². The van der Waals surface area contributed by atoms with E-state index in [1.165, 1.54) is 6.21 Å². The molecule has 0 fully saturated rings. The van der Waals surface area contributed by atoms with Gasteiger partial charge in [0.2, 0.25) is 0 Å². The molecule has 0 saturated carbocycles. The van der Waals surface area contributed by atoms with Crippen molar-refractivity contribution in [3.8, 4) is 11.5 Å². The maximum Gasteiger partial charge on any atom is 0.277 e. The van der Waals surface area contributed by atoms with Gasteiger partial charge in [-0.15, -0.1) is 0 Å². The van der Waals surface area contributed by atoms with Crippen LogP contribution in [-0.4, -0.2) is 23.8 Å². The van der Waals surface area contributed by atoms with Crippen LogP contribution in [0.2, 0.25) is 0 Å². The molecule has 0 saturated heterocycles. The van der Waals surface area contributed by atoms with E-state index in [0.717, 1.165) is 4.47 Å². The number of rotatable bonds is 5. The highest BCUT2D eigenvalue weighted by Crippen LogP contribution is 2.15. The number of carbonyl (C=O) groups is 1. The highest BCUT2D eigenvalue weighted by Gasteiger charge is 2.01. The van der Waals surface area contributed by atoms with Gasteiger partial charge in [-0.2, -0.15) is 5.10 Å². The van der Waals surface area contributed by atoms with Gasteiger partial charge < -0.3 is 9.84 Å². The van der Waals surface area contributed by atoms with Gasteiger partial charge in [-0.25, -0.2) is 5.43 Å². The lowest BCUT2D eigenvalue weighted by atomic mass is 10.2. The highest BCUT2D eigenvalue weighted by molar-refractivity contribution is 9.10. The average molecular weight is 349 g/mol. The minimum absolute atomic E-state index is 0.0987. The van der Waals surface area contributed by atoms with Crippen LogP contribution in [0.5, 0.6) is 11.5 Å². The number of nitrogens with one attached hydrogen (secondary N) is 1. The van der Waals surface area contributed by atoms with Crippen molar-refractivity contribution in [1.82, 2.24) is 5.43 Å². The number of hydrogen-bond donors (Lipinski definition) is 2. The molecule has 0 unspecified atom stereocenters. The Morgan fingerprint density at radius 2 is 1.95 bits per heavy atom. The van der Waals surface area contributed by atoms with Crippen LogP contribution in [0.1, 0.15) is 5.56 Å². The van der Waals surface area contributed by atoms with Gasteiger partial charge in [0.1, 0.15) is 11.5 Å². The fourth-order valence-electron chi connectivity index (χ4n) is 1.48. The van der Waals surface area contributed by atoms with Gasteiger partial charge >= 0.3 is 0 Å². The molecule has 2 aromatic carbocycles. The topological polar surface area (TPSA) is 70.9 Å². The minimum Gasteiger partial charge on any atom is -0.507 e. The van der Waals surface area contributed by atoms with Gasteiger partial charge in [-0.05, 0) is 36.4 Å². The number of para-hydroxylation sites is 1. The van der Waals surface area contributed by atoms with Gasteiger partial charge in [0.05, 0.1) is 6.21 Å². The van der Waals surface area contributed by atoms with Crippen LogP contribution < -0.4 is 10.2 Å². The van der Waals surface area contributed by atoms with E-state index in [2.05, 4.69) is 26.5 Å². The van der Waals surface area contributed by atoms with Crippen LogP contribution in [0.25, 0.3) is 0 Å². The Hall–Kier alpha value is -2.34. The van der Waals surface area contributed by atoms with Gasteiger partial charge in [0.25, 0.3) is 5.91 Å². The summed E-state index contributed by atoms with van der Waals surface area (Å²) in [5, 5.41) is 13.3. The lowest BCUT2D eigenvalue weighted by molar-refractivity contribution is -0.123. The molecule has 2 N–H and O–H groups in total. The quantitative estimate of drug-likeness (QED) is 0.644. The van der Waals surface area contributed by atoms with Gasteiger partial charge in [0, 0.05) is 10.0 Å². The van der Waals surface area contributed by atoms with Crippen molar-refractivity contribution in [3.05, 3.63) is 58.6 Å². The summed E-state index contributed by atoms with van der Waals surface area (Å²) in [6.45, 7) is -0.139. The average Bonchev–Trinajstić information content (AvgIpc) is 2.49. The largest absolute Gasteiger partial charge is 0.507 e. The Balaban J connectivity index is 1.80. The third-order valence-corrected chi connectivity index (χ3v) is 3.04. The number of amides is 1. The molecule has 0 bridgehead atoms. The zero-order valence-corrected chi connectivity index (χ0v) is 12.6. The molecule has 0 radical (unpaired) electrons. The molecule has 2 rings (SSSR count). The van der Waals surface area contributed by atoms with Crippen LogP contribution in [0.15, 0.2) is 58.1 Å². The molecular formula is C15H13BrN2O3. The second-order valence-electron chi connectivity index (χ2n) is 4.09. The van der Waals surface area contributed by atoms with E-state index in [1.54, 1.807) is 36.4 Å². The number of hydrazone groups is 1. The van der Waals surface area contributed by atoms with Crippen LogP contribution in [0.3, 0.4) is 0 Å². The summed E-state index contributed by atoms with van der Waals surface area (Å²) in [7, 11) is 0. The predicted molar refractivity (Wildman–Crippen MR) is 83.5 cm³/mol. The molecule has 6 heteroatoms. The van der Waals surface area contributed by atoms with E-state index in [0.29, 0.717) is 11.3 Å². The molecule has 1 amide bonds. The van der Waals surface area contributed by atoms with Crippen LogP contribution in [0, 0.1) is 0 Å². The zero-order chi connectivity index (χ0) is 15.1. The Morgan fingerprint density at radius 3 is 2.67 bits per heavy atom. The van der Waals surface area contributed by atoms with E-state index < -0.39 is 0 Å². The Labute approximate surface area is 130 Å². The van der Waals surface area contributed by atoms with Gasteiger partial charge in [-0.1, -0.05) is 28.1 Å². The van der Waals surface area contributed by atoms with E-state index in [1.807, 2.05) is 12.1 Å². The fourth-order valence-corrected chi connectivity index (χ4v) is 1.75. The van der Waals surface area contributed by atoms with Crippen molar-refractivity contribution in [2.45, 2.75) is 0 Å². The molecule has 108 valence electrons. The Morgan fingerprint density at radius 1 is 1.24 bits per heavy atom. The number of nitrogens with zero attached hydrogens (tertiary/aromatic N) is 1. The van der Waals surface area contributed by atoms with Crippen LogP contribution in [-0.2, 0) is 4.79 Å². The first-order chi connectivity index (χ1) is 10.1. The van der Waals surface area contributed by atoms with Crippen LogP contribution in [0.4, 0.5) is 0 Å². The summed E-state index contributed by atoms with van der Waals surface area (Å²) in [4.78, 5) is 11.5. The predicted octanol–water partition coefficient (Wildman–Crippen LogP) is 2.68. The molecule has 5 nitrogen and oxygen atoms in total. The number of ether oxygens (including phenoxy) is 1. The number of carbonyl (C=O) groups excluding carboxylic acids is 1. The monoisotopic (exact) mass is 348 g/mol. The van der Waals surface area contributed by atoms with Gasteiger partial charge in [-0.3, -0.25) is 4.79 Å². The first-order valence-corrected chi connectivity index (χ1v) is 6.93. The van der Waals surface area contributed by atoms with Crippen molar-refractivity contribution in [1.29, 1.82) is 0 Å². The SMILES string of the molecule is O=C(COc1ccc(Br)cc1)N/N=C/c1ccccc1O. The lowest BCUT2D eigenvalue weighted by Gasteiger charge is -2.04. The number of halogens is 1. The molecule has 0 spiro atoms. The second-order valence-corrected chi connectivity index (χ2v) is 5.01.